The van der Waals surface area contributed by atoms with E-state index in [1.54, 1.807) is 24.3 Å². The zero-order chi connectivity index (χ0) is 13.4. The van der Waals surface area contributed by atoms with Crippen LogP contribution in [0.4, 0.5) is 0 Å². The van der Waals surface area contributed by atoms with E-state index in [0.29, 0.717) is 23.7 Å². The van der Waals surface area contributed by atoms with Gasteiger partial charge in [-0.05, 0) is 24.3 Å². The van der Waals surface area contributed by atoms with Crippen LogP contribution in [0.3, 0.4) is 0 Å². The summed E-state index contributed by atoms with van der Waals surface area (Å²) in [6, 6.07) is 6.35. The molecule has 0 spiro atoms. The molecule has 2 aliphatic rings. The maximum absolute atomic E-state index is 12.0. The predicted octanol–water partition coefficient (Wildman–Crippen LogP) is 1.25. The lowest BCUT2D eigenvalue weighted by Gasteiger charge is -2.25. The smallest absolute Gasteiger partial charge is 0.329 e. The zero-order valence-corrected chi connectivity index (χ0v) is 10.8. The Bertz CT molecular complexity index is 516. The van der Waals surface area contributed by atoms with Crippen LogP contribution in [0.1, 0.15) is 6.42 Å². The molecule has 0 aliphatic carbocycles. The van der Waals surface area contributed by atoms with Crippen molar-refractivity contribution in [3.63, 3.8) is 0 Å². The van der Waals surface area contributed by atoms with Crippen molar-refractivity contribution in [2.24, 2.45) is 0 Å². The molecule has 0 aromatic heterocycles. The van der Waals surface area contributed by atoms with E-state index in [0.717, 1.165) is 0 Å². The Morgan fingerprint density at radius 3 is 2.79 bits per heavy atom. The molecule has 1 amide bonds. The average molecular weight is 282 g/mol. The van der Waals surface area contributed by atoms with Crippen LogP contribution in [0.15, 0.2) is 24.3 Å². The summed E-state index contributed by atoms with van der Waals surface area (Å²) >= 11 is 5.75. The third-order valence-electron chi connectivity index (χ3n) is 3.31. The van der Waals surface area contributed by atoms with Gasteiger partial charge in [0.1, 0.15) is 17.9 Å². The third-order valence-corrected chi connectivity index (χ3v) is 3.57. The second kappa shape index (κ2) is 4.74. The van der Waals surface area contributed by atoms with Gasteiger partial charge in [0.2, 0.25) is 0 Å². The number of hydrogen-bond donors (Lipinski definition) is 0. The third kappa shape index (κ3) is 2.38. The van der Waals surface area contributed by atoms with Gasteiger partial charge in [0.15, 0.2) is 6.61 Å². The molecule has 2 aliphatic heterocycles. The molecule has 1 aromatic carbocycles. The minimum atomic E-state index is -0.425. The van der Waals surface area contributed by atoms with Crippen molar-refractivity contribution in [3.05, 3.63) is 29.3 Å². The Morgan fingerprint density at radius 1 is 1.42 bits per heavy atom. The Hall–Kier alpha value is -1.75. The molecular weight excluding hydrogens is 270 g/mol. The molecule has 2 saturated heterocycles. The Kier molecular flexibility index (Phi) is 3.06. The number of fused-ring (bicyclic) bond motifs is 2. The van der Waals surface area contributed by atoms with E-state index >= 15 is 0 Å². The summed E-state index contributed by atoms with van der Waals surface area (Å²) in [6.07, 6.45) is 0.461. The fourth-order valence-electron chi connectivity index (χ4n) is 2.38. The summed E-state index contributed by atoms with van der Waals surface area (Å²) in [5.41, 5.74) is 0. The minimum Gasteiger partial charge on any atom is -0.484 e. The molecule has 6 heteroatoms. The Balaban J connectivity index is 1.57. The SMILES string of the molecule is O=C1O[C@H]2C[C@H]1N(C(=O)COc1ccc(Cl)cc1)C2. The van der Waals surface area contributed by atoms with Gasteiger partial charge in [0.05, 0.1) is 6.54 Å². The molecule has 5 nitrogen and oxygen atoms in total. The molecule has 2 heterocycles. The molecule has 0 N–H and O–H groups in total. The largest absolute Gasteiger partial charge is 0.484 e. The second-order valence-corrected chi connectivity index (χ2v) is 5.04. The molecule has 2 atom stereocenters. The lowest BCUT2D eigenvalue weighted by Crippen LogP contribution is -2.46. The van der Waals surface area contributed by atoms with Crippen LogP contribution in [0.5, 0.6) is 5.75 Å². The van der Waals surface area contributed by atoms with E-state index in [4.69, 9.17) is 21.1 Å². The molecule has 1 aromatic rings. The number of esters is 1. The fraction of sp³-hybridized carbons (Fsp3) is 0.385. The van der Waals surface area contributed by atoms with Gasteiger partial charge >= 0.3 is 5.97 Å². The Morgan fingerprint density at radius 2 is 2.16 bits per heavy atom. The van der Waals surface area contributed by atoms with Gasteiger partial charge in [-0.25, -0.2) is 4.79 Å². The number of morpholine rings is 1. The van der Waals surface area contributed by atoms with E-state index in [1.165, 1.54) is 4.90 Å². The first-order chi connectivity index (χ1) is 9.13. The quantitative estimate of drug-likeness (QED) is 0.783. The van der Waals surface area contributed by atoms with Crippen LogP contribution in [0, 0.1) is 0 Å². The van der Waals surface area contributed by atoms with E-state index in [2.05, 4.69) is 0 Å². The highest BCUT2D eigenvalue weighted by Crippen LogP contribution is 2.29. The van der Waals surface area contributed by atoms with E-state index in [9.17, 15) is 9.59 Å². The normalized spacial score (nSPS) is 24.5. The summed E-state index contributed by atoms with van der Waals surface area (Å²) in [7, 11) is 0. The van der Waals surface area contributed by atoms with Gasteiger partial charge in [-0.3, -0.25) is 4.79 Å². The number of ether oxygens (including phenoxy) is 2. The summed E-state index contributed by atoms with van der Waals surface area (Å²) in [6.45, 7) is 0.386. The van der Waals surface area contributed by atoms with E-state index in [1.807, 2.05) is 0 Å². The maximum Gasteiger partial charge on any atom is 0.329 e. The van der Waals surface area contributed by atoms with Gasteiger partial charge in [-0.15, -0.1) is 0 Å². The summed E-state index contributed by atoms with van der Waals surface area (Å²) in [4.78, 5) is 24.9. The number of rotatable bonds is 3. The number of carbonyl (C=O) groups excluding carboxylic acids is 2. The molecule has 19 heavy (non-hydrogen) atoms. The summed E-state index contributed by atoms with van der Waals surface area (Å²) in [5.74, 6) is 0.0693. The maximum atomic E-state index is 12.0. The molecule has 3 rings (SSSR count). The summed E-state index contributed by atoms with van der Waals surface area (Å²) < 4.78 is 10.4. The number of hydrogen-bond acceptors (Lipinski definition) is 4. The van der Waals surface area contributed by atoms with Gasteiger partial charge in [0, 0.05) is 11.4 Å². The molecule has 0 radical (unpaired) electrons. The minimum absolute atomic E-state index is 0.0852. The highest BCUT2D eigenvalue weighted by Gasteiger charge is 2.48. The molecule has 0 unspecified atom stereocenters. The number of nitrogens with zero attached hydrogens (tertiary/aromatic N) is 1. The van der Waals surface area contributed by atoms with Gasteiger partial charge < -0.3 is 14.4 Å². The number of benzene rings is 1. The number of amides is 1. The lowest BCUT2D eigenvalue weighted by atomic mass is 10.2. The van der Waals surface area contributed by atoms with Gasteiger partial charge in [0.25, 0.3) is 5.91 Å². The lowest BCUT2D eigenvalue weighted by molar-refractivity contribution is -0.157. The molecule has 0 saturated carbocycles. The first-order valence-electron chi connectivity index (χ1n) is 6.02. The highest BCUT2D eigenvalue weighted by atomic mass is 35.5. The number of halogens is 1. The average Bonchev–Trinajstić information content (AvgIpc) is 2.96. The first kappa shape index (κ1) is 12.3. The van der Waals surface area contributed by atoms with Crippen molar-refractivity contribution in [1.82, 2.24) is 4.90 Å². The monoisotopic (exact) mass is 281 g/mol. The number of likely N-dealkylation sites (tertiary alicyclic amines) is 1. The van der Waals surface area contributed by atoms with Crippen LogP contribution in [0.25, 0.3) is 0 Å². The standard InChI is InChI=1S/C13H12ClNO4/c14-8-1-3-9(4-2-8)18-7-12(16)15-6-10-5-11(15)13(17)19-10/h1-4,10-11H,5-7H2/t10-,11+/m0/s1. The Labute approximate surface area is 115 Å². The topological polar surface area (TPSA) is 55.8 Å². The zero-order valence-electron chi connectivity index (χ0n) is 10.0. The highest BCUT2D eigenvalue weighted by molar-refractivity contribution is 6.30. The van der Waals surface area contributed by atoms with Gasteiger partial charge in [-0.2, -0.15) is 0 Å². The van der Waals surface area contributed by atoms with Gasteiger partial charge in [-0.1, -0.05) is 11.6 Å². The van der Waals surface area contributed by atoms with Crippen molar-refractivity contribution in [2.75, 3.05) is 13.2 Å². The van der Waals surface area contributed by atoms with Crippen LogP contribution < -0.4 is 4.74 Å². The van der Waals surface area contributed by atoms with Crippen molar-refractivity contribution in [1.29, 1.82) is 0 Å². The van der Waals surface area contributed by atoms with Crippen molar-refractivity contribution >= 4 is 23.5 Å². The van der Waals surface area contributed by atoms with Crippen LogP contribution in [-0.2, 0) is 14.3 Å². The summed E-state index contributed by atoms with van der Waals surface area (Å²) in [5, 5.41) is 0.610. The molecule has 2 fully saturated rings. The first-order valence-corrected chi connectivity index (χ1v) is 6.39. The number of carbonyl (C=O) groups is 2. The van der Waals surface area contributed by atoms with E-state index < -0.39 is 6.04 Å². The van der Waals surface area contributed by atoms with Crippen molar-refractivity contribution < 1.29 is 19.1 Å². The van der Waals surface area contributed by atoms with Crippen LogP contribution >= 0.6 is 11.6 Å². The molecular formula is C13H12ClNO4. The molecule has 100 valence electrons. The molecule has 2 bridgehead atoms. The predicted molar refractivity (Wildman–Crippen MR) is 66.9 cm³/mol. The van der Waals surface area contributed by atoms with E-state index in [-0.39, 0.29) is 24.6 Å². The van der Waals surface area contributed by atoms with Crippen molar-refractivity contribution in [3.8, 4) is 5.75 Å². The van der Waals surface area contributed by atoms with Crippen molar-refractivity contribution in [2.45, 2.75) is 18.6 Å². The van der Waals surface area contributed by atoms with Crippen LogP contribution in [0.2, 0.25) is 5.02 Å². The second-order valence-electron chi connectivity index (χ2n) is 4.60. The fourth-order valence-corrected chi connectivity index (χ4v) is 2.51. The van der Waals surface area contributed by atoms with Crippen LogP contribution in [-0.4, -0.2) is 42.1 Å².